The second kappa shape index (κ2) is 8.83. The highest BCUT2D eigenvalue weighted by atomic mass is 35.5. The van der Waals surface area contributed by atoms with E-state index in [0.717, 1.165) is 0 Å². The van der Waals surface area contributed by atoms with E-state index in [1.807, 2.05) is 0 Å². The highest BCUT2D eigenvalue weighted by Crippen LogP contribution is 2.27. The van der Waals surface area contributed by atoms with Crippen molar-refractivity contribution in [2.75, 3.05) is 5.32 Å². The topological polar surface area (TPSA) is 56.2 Å². The zero-order chi connectivity index (χ0) is 21.0. The van der Waals surface area contributed by atoms with Gasteiger partial charge in [-0.3, -0.25) is 4.79 Å². The Kier molecular flexibility index (Phi) is 6.23. The summed E-state index contributed by atoms with van der Waals surface area (Å²) in [6.45, 7) is -1.31. The first-order valence-corrected chi connectivity index (χ1v) is 8.77. The molecule has 0 aliphatic carbocycles. The summed E-state index contributed by atoms with van der Waals surface area (Å²) in [5.41, 5.74) is 1.70. The molecule has 9 heteroatoms. The third-order valence-electron chi connectivity index (χ3n) is 3.88. The molecule has 1 aromatic heterocycles. The number of hydrogen-bond donors (Lipinski definition) is 1. The van der Waals surface area contributed by atoms with Gasteiger partial charge in [0.25, 0.3) is 0 Å². The molecule has 3 aromatic rings. The van der Waals surface area contributed by atoms with Crippen molar-refractivity contribution in [1.29, 1.82) is 0 Å². The molecular formula is C20H15ClF3N3O2. The van der Waals surface area contributed by atoms with E-state index in [0.29, 0.717) is 16.9 Å². The van der Waals surface area contributed by atoms with Gasteiger partial charge in [-0.2, -0.15) is 13.9 Å². The Bertz CT molecular complexity index is 1050. The molecule has 150 valence electrons. The number of para-hydroxylation sites is 2. The first-order chi connectivity index (χ1) is 13.8. The van der Waals surface area contributed by atoms with Crippen LogP contribution in [0.5, 0.6) is 5.75 Å². The summed E-state index contributed by atoms with van der Waals surface area (Å²) in [5.74, 6) is -1.11. The number of carbonyl (C=O) groups excluding carboxylic acids is 1. The number of rotatable bonds is 6. The van der Waals surface area contributed by atoms with E-state index in [4.69, 9.17) is 11.6 Å². The molecule has 0 atom stereocenters. The van der Waals surface area contributed by atoms with Gasteiger partial charge in [0, 0.05) is 11.6 Å². The summed E-state index contributed by atoms with van der Waals surface area (Å²) in [6, 6.07) is 11.5. The van der Waals surface area contributed by atoms with E-state index < -0.39 is 12.5 Å². The van der Waals surface area contributed by atoms with Gasteiger partial charge in [0.2, 0.25) is 5.91 Å². The Balaban J connectivity index is 1.78. The Morgan fingerprint density at radius 1 is 1.21 bits per heavy atom. The van der Waals surface area contributed by atoms with Crippen LogP contribution in [0.2, 0.25) is 5.15 Å². The van der Waals surface area contributed by atoms with Crippen LogP contribution in [0.3, 0.4) is 0 Å². The summed E-state index contributed by atoms with van der Waals surface area (Å²) >= 11 is 6.35. The molecule has 1 N–H and O–H groups in total. The van der Waals surface area contributed by atoms with E-state index in [1.54, 1.807) is 13.0 Å². The summed E-state index contributed by atoms with van der Waals surface area (Å²) in [5, 5.41) is 7.00. The molecule has 29 heavy (non-hydrogen) atoms. The zero-order valence-electron chi connectivity index (χ0n) is 15.1. The zero-order valence-corrected chi connectivity index (χ0v) is 15.8. The van der Waals surface area contributed by atoms with Crippen LogP contribution in [0.25, 0.3) is 11.8 Å². The van der Waals surface area contributed by atoms with E-state index in [-0.39, 0.29) is 22.4 Å². The minimum absolute atomic E-state index is 0.104. The normalized spacial score (nSPS) is 11.2. The fourth-order valence-electron chi connectivity index (χ4n) is 2.56. The number of anilines is 1. The average molecular weight is 422 g/mol. The Labute approximate surface area is 169 Å². The molecule has 0 aliphatic rings. The number of aryl methyl sites for hydroxylation is 1. The number of halogens is 4. The van der Waals surface area contributed by atoms with Gasteiger partial charge in [-0.25, -0.2) is 9.07 Å². The van der Waals surface area contributed by atoms with Gasteiger partial charge in [-0.05, 0) is 49.4 Å². The number of aromatic nitrogens is 2. The second-order valence-electron chi connectivity index (χ2n) is 5.88. The van der Waals surface area contributed by atoms with Crippen molar-refractivity contribution < 1.29 is 22.7 Å². The standard InChI is InChI=1S/C20H15ClF3N3O2/c1-12-15(19(21)27(26-12)14-8-6-13(22)7-9-14)10-11-18(28)25-16-4-2-3-5-17(16)29-20(23)24/h2-11,20H,1H3,(H,25,28)/b11-10+. The van der Waals surface area contributed by atoms with Crippen molar-refractivity contribution >= 4 is 29.3 Å². The van der Waals surface area contributed by atoms with Gasteiger partial charge >= 0.3 is 6.61 Å². The minimum Gasteiger partial charge on any atom is -0.433 e. The molecule has 5 nitrogen and oxygen atoms in total. The maximum atomic E-state index is 13.1. The lowest BCUT2D eigenvalue weighted by Gasteiger charge is -2.10. The number of alkyl halides is 2. The van der Waals surface area contributed by atoms with Crippen molar-refractivity contribution in [1.82, 2.24) is 9.78 Å². The maximum absolute atomic E-state index is 13.1. The largest absolute Gasteiger partial charge is 0.433 e. The molecule has 0 saturated carbocycles. The monoisotopic (exact) mass is 421 g/mol. The minimum atomic E-state index is -3.01. The van der Waals surface area contributed by atoms with Crippen molar-refractivity contribution in [3.63, 3.8) is 0 Å². The van der Waals surface area contributed by atoms with Gasteiger partial charge in [0.1, 0.15) is 16.7 Å². The molecule has 3 rings (SSSR count). The molecule has 1 amide bonds. The molecule has 0 bridgehead atoms. The lowest BCUT2D eigenvalue weighted by molar-refractivity contribution is -0.111. The molecular weight excluding hydrogens is 407 g/mol. The highest BCUT2D eigenvalue weighted by molar-refractivity contribution is 6.31. The number of nitrogens with zero attached hydrogens (tertiary/aromatic N) is 2. The van der Waals surface area contributed by atoms with Crippen molar-refractivity contribution in [2.45, 2.75) is 13.5 Å². The smallest absolute Gasteiger partial charge is 0.387 e. The number of ether oxygens (including phenoxy) is 1. The number of amides is 1. The Morgan fingerprint density at radius 3 is 2.59 bits per heavy atom. The second-order valence-corrected chi connectivity index (χ2v) is 6.23. The van der Waals surface area contributed by atoms with Crippen LogP contribution in [-0.4, -0.2) is 22.3 Å². The van der Waals surface area contributed by atoms with E-state index in [1.165, 1.54) is 59.3 Å². The Morgan fingerprint density at radius 2 is 1.90 bits per heavy atom. The number of nitrogens with one attached hydrogen (secondary N) is 1. The highest BCUT2D eigenvalue weighted by Gasteiger charge is 2.14. The SMILES string of the molecule is Cc1nn(-c2ccc(F)cc2)c(Cl)c1/C=C/C(=O)Nc1ccccc1OC(F)F. The molecule has 1 heterocycles. The van der Waals surface area contributed by atoms with E-state index in [2.05, 4.69) is 15.2 Å². The summed E-state index contributed by atoms with van der Waals surface area (Å²) < 4.78 is 43.8. The number of benzene rings is 2. The van der Waals surface area contributed by atoms with Gasteiger partial charge in [0.15, 0.2) is 0 Å². The first kappa shape index (κ1) is 20.5. The average Bonchev–Trinajstić information content (AvgIpc) is 2.96. The first-order valence-electron chi connectivity index (χ1n) is 8.39. The van der Waals surface area contributed by atoms with Crippen molar-refractivity contribution in [2.24, 2.45) is 0 Å². The lowest BCUT2D eigenvalue weighted by Crippen LogP contribution is -2.11. The number of carbonyl (C=O) groups is 1. The van der Waals surface area contributed by atoms with Crippen LogP contribution in [0.4, 0.5) is 18.9 Å². The predicted octanol–water partition coefficient (Wildman–Crippen LogP) is 5.23. The summed E-state index contributed by atoms with van der Waals surface area (Å²) in [6.07, 6.45) is 2.65. The van der Waals surface area contributed by atoms with E-state index >= 15 is 0 Å². The molecule has 0 unspecified atom stereocenters. The summed E-state index contributed by atoms with van der Waals surface area (Å²) in [4.78, 5) is 12.2. The van der Waals surface area contributed by atoms with Crippen LogP contribution in [0.1, 0.15) is 11.3 Å². The molecule has 0 spiro atoms. The van der Waals surface area contributed by atoms with Crippen molar-refractivity contribution in [3.8, 4) is 11.4 Å². The van der Waals surface area contributed by atoms with Crippen molar-refractivity contribution in [3.05, 3.63) is 76.8 Å². The molecule has 2 aromatic carbocycles. The molecule has 0 fully saturated rings. The van der Waals surface area contributed by atoms with Crippen LogP contribution in [0, 0.1) is 12.7 Å². The van der Waals surface area contributed by atoms with Gasteiger partial charge < -0.3 is 10.1 Å². The van der Waals surface area contributed by atoms with Crippen LogP contribution >= 0.6 is 11.6 Å². The molecule has 0 aliphatic heterocycles. The molecule has 0 radical (unpaired) electrons. The van der Waals surface area contributed by atoms with Gasteiger partial charge in [0.05, 0.1) is 17.1 Å². The van der Waals surface area contributed by atoms with Crippen LogP contribution in [-0.2, 0) is 4.79 Å². The lowest BCUT2D eigenvalue weighted by atomic mass is 10.2. The summed E-state index contributed by atoms with van der Waals surface area (Å²) in [7, 11) is 0. The third-order valence-corrected chi connectivity index (χ3v) is 4.25. The fourth-order valence-corrected chi connectivity index (χ4v) is 2.89. The van der Waals surface area contributed by atoms with Crippen LogP contribution in [0.15, 0.2) is 54.6 Å². The maximum Gasteiger partial charge on any atom is 0.387 e. The van der Waals surface area contributed by atoms with Gasteiger partial charge in [-0.15, -0.1) is 0 Å². The number of hydrogen-bond acceptors (Lipinski definition) is 3. The fraction of sp³-hybridized carbons (Fsp3) is 0.100. The van der Waals surface area contributed by atoms with Crippen LogP contribution < -0.4 is 10.1 Å². The van der Waals surface area contributed by atoms with E-state index in [9.17, 15) is 18.0 Å². The quantitative estimate of drug-likeness (QED) is 0.555. The third kappa shape index (κ3) is 4.97. The predicted molar refractivity (Wildman–Crippen MR) is 104 cm³/mol. The molecule has 0 saturated heterocycles. The Hall–Kier alpha value is -3.26. The van der Waals surface area contributed by atoms with Gasteiger partial charge in [-0.1, -0.05) is 23.7 Å².